The minimum atomic E-state index is 0.0803. The average molecular weight is 287 g/mol. The molecule has 0 aliphatic carbocycles. The van der Waals surface area contributed by atoms with Crippen LogP contribution in [0.4, 0.5) is 4.79 Å². The fraction of sp³-hybridized carbons (Fsp3) is 0.588. The van der Waals surface area contributed by atoms with Gasteiger partial charge < -0.3 is 15.5 Å². The lowest BCUT2D eigenvalue weighted by molar-refractivity contribution is 0.159. The standard InChI is InChI=1S/C17H25N3O/c21-17(19-13-14-5-2-1-3-6-14)20-11-8-15(9-12-20)16-7-4-10-18-16/h1-3,5-6,15-16,18H,4,7-13H2,(H,19,21). The number of likely N-dealkylation sites (tertiary alicyclic amines) is 1. The van der Waals surface area contributed by atoms with Gasteiger partial charge in [0, 0.05) is 25.7 Å². The lowest BCUT2D eigenvalue weighted by Crippen LogP contribution is -2.46. The van der Waals surface area contributed by atoms with Gasteiger partial charge in [0.1, 0.15) is 0 Å². The zero-order valence-corrected chi connectivity index (χ0v) is 12.6. The summed E-state index contributed by atoms with van der Waals surface area (Å²) in [6.45, 7) is 3.57. The lowest BCUT2D eigenvalue weighted by atomic mass is 9.89. The first-order valence-electron chi connectivity index (χ1n) is 8.13. The van der Waals surface area contributed by atoms with Crippen molar-refractivity contribution in [3.8, 4) is 0 Å². The molecule has 2 aliphatic rings. The summed E-state index contributed by atoms with van der Waals surface area (Å²) in [4.78, 5) is 14.2. The van der Waals surface area contributed by atoms with Crippen molar-refractivity contribution < 1.29 is 4.79 Å². The molecule has 114 valence electrons. The summed E-state index contributed by atoms with van der Waals surface area (Å²) in [6.07, 6.45) is 4.89. The number of hydrogen-bond acceptors (Lipinski definition) is 2. The SMILES string of the molecule is O=C(NCc1ccccc1)N1CCC(C2CCCN2)CC1. The van der Waals surface area contributed by atoms with E-state index >= 15 is 0 Å². The summed E-state index contributed by atoms with van der Waals surface area (Å²) in [6, 6.07) is 10.9. The Kier molecular flexibility index (Phi) is 4.76. The third-order valence-electron chi connectivity index (χ3n) is 4.78. The average Bonchev–Trinajstić information content (AvgIpc) is 3.08. The highest BCUT2D eigenvalue weighted by Crippen LogP contribution is 2.25. The Morgan fingerprint density at radius 2 is 1.95 bits per heavy atom. The molecule has 1 unspecified atom stereocenters. The van der Waals surface area contributed by atoms with E-state index in [-0.39, 0.29) is 6.03 Å². The summed E-state index contributed by atoms with van der Waals surface area (Å²) in [7, 11) is 0. The fourth-order valence-electron chi connectivity index (χ4n) is 3.50. The van der Waals surface area contributed by atoms with Crippen molar-refractivity contribution in [3.63, 3.8) is 0 Å². The van der Waals surface area contributed by atoms with Crippen LogP contribution in [0.2, 0.25) is 0 Å². The molecule has 3 rings (SSSR count). The number of nitrogens with zero attached hydrogens (tertiary/aromatic N) is 1. The Balaban J connectivity index is 1.42. The molecule has 0 bridgehead atoms. The van der Waals surface area contributed by atoms with Crippen molar-refractivity contribution in [2.75, 3.05) is 19.6 Å². The van der Waals surface area contributed by atoms with Gasteiger partial charge in [0.2, 0.25) is 0 Å². The van der Waals surface area contributed by atoms with Crippen molar-refractivity contribution in [1.82, 2.24) is 15.5 Å². The highest BCUT2D eigenvalue weighted by atomic mass is 16.2. The highest BCUT2D eigenvalue weighted by Gasteiger charge is 2.29. The molecule has 21 heavy (non-hydrogen) atoms. The first-order chi connectivity index (χ1) is 10.3. The van der Waals surface area contributed by atoms with Crippen molar-refractivity contribution in [3.05, 3.63) is 35.9 Å². The molecule has 1 aromatic rings. The van der Waals surface area contributed by atoms with Crippen molar-refractivity contribution >= 4 is 6.03 Å². The number of carbonyl (C=O) groups excluding carboxylic acids is 1. The van der Waals surface area contributed by atoms with Gasteiger partial charge in [-0.15, -0.1) is 0 Å². The molecule has 0 aromatic heterocycles. The molecular formula is C17H25N3O. The van der Waals surface area contributed by atoms with Crippen LogP contribution in [0.3, 0.4) is 0 Å². The van der Waals surface area contributed by atoms with Crippen LogP contribution in [0, 0.1) is 5.92 Å². The number of piperidine rings is 1. The number of urea groups is 1. The quantitative estimate of drug-likeness (QED) is 0.896. The lowest BCUT2D eigenvalue weighted by Gasteiger charge is -2.34. The summed E-state index contributed by atoms with van der Waals surface area (Å²) in [5.41, 5.74) is 1.15. The minimum Gasteiger partial charge on any atom is -0.334 e. The molecule has 2 saturated heterocycles. The predicted molar refractivity (Wildman–Crippen MR) is 84.0 cm³/mol. The molecule has 1 aromatic carbocycles. The predicted octanol–water partition coefficient (Wildman–Crippen LogP) is 2.36. The second-order valence-corrected chi connectivity index (χ2v) is 6.17. The molecular weight excluding hydrogens is 262 g/mol. The second kappa shape index (κ2) is 6.94. The first-order valence-corrected chi connectivity index (χ1v) is 8.13. The van der Waals surface area contributed by atoms with Crippen molar-refractivity contribution in [2.45, 2.75) is 38.3 Å². The maximum atomic E-state index is 12.2. The van der Waals surface area contributed by atoms with Gasteiger partial charge in [-0.25, -0.2) is 4.79 Å². The maximum Gasteiger partial charge on any atom is 0.317 e. The number of carbonyl (C=O) groups is 1. The topological polar surface area (TPSA) is 44.4 Å². The van der Waals surface area contributed by atoms with Crippen LogP contribution in [-0.4, -0.2) is 36.6 Å². The molecule has 4 nitrogen and oxygen atoms in total. The summed E-state index contributed by atoms with van der Waals surface area (Å²) >= 11 is 0. The Morgan fingerprint density at radius 3 is 2.62 bits per heavy atom. The molecule has 2 N–H and O–H groups in total. The molecule has 0 radical (unpaired) electrons. The molecule has 2 aliphatic heterocycles. The second-order valence-electron chi connectivity index (χ2n) is 6.17. The first kappa shape index (κ1) is 14.4. The van der Waals surface area contributed by atoms with E-state index in [1.54, 1.807) is 0 Å². The van der Waals surface area contributed by atoms with Crippen molar-refractivity contribution in [1.29, 1.82) is 0 Å². The monoisotopic (exact) mass is 287 g/mol. The minimum absolute atomic E-state index is 0.0803. The van der Waals surface area contributed by atoms with Gasteiger partial charge in [-0.2, -0.15) is 0 Å². The van der Waals surface area contributed by atoms with Crippen LogP contribution >= 0.6 is 0 Å². The maximum absolute atomic E-state index is 12.2. The highest BCUT2D eigenvalue weighted by molar-refractivity contribution is 5.74. The summed E-state index contributed by atoms with van der Waals surface area (Å²) < 4.78 is 0. The molecule has 1 atom stereocenters. The zero-order chi connectivity index (χ0) is 14.5. The largest absolute Gasteiger partial charge is 0.334 e. The zero-order valence-electron chi connectivity index (χ0n) is 12.6. The number of hydrogen-bond donors (Lipinski definition) is 2. The van der Waals surface area contributed by atoms with E-state index in [9.17, 15) is 4.79 Å². The smallest absolute Gasteiger partial charge is 0.317 e. The molecule has 2 amide bonds. The van der Waals surface area contributed by atoms with Gasteiger partial charge in [0.25, 0.3) is 0 Å². The van der Waals surface area contributed by atoms with Crippen LogP contribution in [-0.2, 0) is 6.54 Å². The van der Waals surface area contributed by atoms with Crippen LogP contribution in [0.25, 0.3) is 0 Å². The van der Waals surface area contributed by atoms with Gasteiger partial charge in [-0.05, 0) is 43.7 Å². The van der Waals surface area contributed by atoms with Gasteiger partial charge in [-0.1, -0.05) is 30.3 Å². The number of amides is 2. The molecule has 4 heteroatoms. The van der Waals surface area contributed by atoms with E-state index in [2.05, 4.69) is 10.6 Å². The Morgan fingerprint density at radius 1 is 1.19 bits per heavy atom. The Hall–Kier alpha value is -1.55. The van der Waals surface area contributed by atoms with E-state index in [1.807, 2.05) is 35.2 Å². The van der Waals surface area contributed by atoms with Gasteiger partial charge in [0.15, 0.2) is 0 Å². The Labute approximate surface area is 126 Å². The number of benzene rings is 1. The van der Waals surface area contributed by atoms with E-state index in [4.69, 9.17) is 0 Å². The summed E-state index contributed by atoms with van der Waals surface area (Å²) in [5.74, 6) is 0.755. The van der Waals surface area contributed by atoms with Crippen LogP contribution in [0.5, 0.6) is 0 Å². The Bertz CT molecular complexity index is 448. The van der Waals surface area contributed by atoms with E-state index in [0.717, 1.165) is 37.4 Å². The molecule has 0 saturated carbocycles. The molecule has 2 fully saturated rings. The normalized spacial score (nSPS) is 23.2. The summed E-state index contributed by atoms with van der Waals surface area (Å²) in [5, 5.41) is 6.62. The van der Waals surface area contributed by atoms with E-state index in [1.165, 1.54) is 19.4 Å². The third kappa shape index (κ3) is 3.76. The van der Waals surface area contributed by atoms with E-state index in [0.29, 0.717) is 12.6 Å². The molecule has 2 heterocycles. The van der Waals surface area contributed by atoms with Gasteiger partial charge in [-0.3, -0.25) is 0 Å². The van der Waals surface area contributed by atoms with Gasteiger partial charge >= 0.3 is 6.03 Å². The number of rotatable bonds is 3. The molecule has 0 spiro atoms. The van der Waals surface area contributed by atoms with E-state index < -0.39 is 0 Å². The number of nitrogens with one attached hydrogen (secondary N) is 2. The van der Waals surface area contributed by atoms with Crippen LogP contribution in [0.1, 0.15) is 31.2 Å². The third-order valence-corrected chi connectivity index (χ3v) is 4.78. The van der Waals surface area contributed by atoms with Crippen molar-refractivity contribution in [2.24, 2.45) is 5.92 Å². The van der Waals surface area contributed by atoms with Crippen LogP contribution < -0.4 is 10.6 Å². The van der Waals surface area contributed by atoms with Gasteiger partial charge in [0.05, 0.1) is 0 Å². The van der Waals surface area contributed by atoms with Crippen LogP contribution in [0.15, 0.2) is 30.3 Å². The fourth-order valence-corrected chi connectivity index (χ4v) is 3.50.